The van der Waals surface area contributed by atoms with Crippen LogP contribution in [0.1, 0.15) is 30.4 Å². The van der Waals surface area contributed by atoms with Crippen LogP contribution >= 0.6 is 0 Å². The van der Waals surface area contributed by atoms with E-state index in [9.17, 15) is 4.79 Å². The Hall–Kier alpha value is -1.91. The lowest BCUT2D eigenvalue weighted by molar-refractivity contribution is 0.111. The van der Waals surface area contributed by atoms with Gasteiger partial charge in [0.25, 0.3) is 0 Å². The van der Waals surface area contributed by atoms with Crippen LogP contribution in [0, 0.1) is 0 Å². The Morgan fingerprint density at radius 3 is 2.87 bits per heavy atom. The van der Waals surface area contributed by atoms with E-state index in [-0.39, 0.29) is 6.04 Å². The van der Waals surface area contributed by atoms with E-state index in [4.69, 9.17) is 4.42 Å². The third-order valence-electron chi connectivity index (χ3n) is 2.08. The molecule has 2 aromatic rings. The van der Waals surface area contributed by atoms with E-state index in [2.05, 4.69) is 10.3 Å². The summed E-state index contributed by atoms with van der Waals surface area (Å²) in [5.74, 6) is 0.607. The molecule has 0 saturated carbocycles. The van der Waals surface area contributed by atoms with E-state index in [1.54, 1.807) is 23.1 Å². The molecule has 0 unspecified atom stereocenters. The molecule has 2 aromatic heterocycles. The number of carbonyl (C=O) groups is 1. The van der Waals surface area contributed by atoms with Gasteiger partial charge in [-0.1, -0.05) is 5.21 Å². The van der Waals surface area contributed by atoms with Crippen LogP contribution in [0.15, 0.2) is 22.8 Å². The standard InChI is InChI=1S/C10H11N3O2/c1-7(2)13-10(8(6-14)11-12-13)9-4-3-5-15-9/h3-7H,1-2H3. The van der Waals surface area contributed by atoms with Gasteiger partial charge in [0.2, 0.25) is 0 Å². The molecule has 5 nitrogen and oxygen atoms in total. The second kappa shape index (κ2) is 3.68. The van der Waals surface area contributed by atoms with Crippen LogP contribution in [-0.2, 0) is 0 Å². The van der Waals surface area contributed by atoms with E-state index in [1.807, 2.05) is 13.8 Å². The number of rotatable bonds is 3. The van der Waals surface area contributed by atoms with Crippen molar-refractivity contribution in [3.63, 3.8) is 0 Å². The summed E-state index contributed by atoms with van der Waals surface area (Å²) in [6.45, 7) is 3.94. The normalized spacial score (nSPS) is 10.9. The van der Waals surface area contributed by atoms with Crippen LogP contribution in [0.3, 0.4) is 0 Å². The van der Waals surface area contributed by atoms with Crippen molar-refractivity contribution in [3.05, 3.63) is 24.1 Å². The first-order chi connectivity index (χ1) is 7.24. The van der Waals surface area contributed by atoms with E-state index >= 15 is 0 Å². The van der Waals surface area contributed by atoms with Gasteiger partial charge in [-0.2, -0.15) is 0 Å². The summed E-state index contributed by atoms with van der Waals surface area (Å²) in [6.07, 6.45) is 2.24. The van der Waals surface area contributed by atoms with Crippen LogP contribution in [0.2, 0.25) is 0 Å². The van der Waals surface area contributed by atoms with Gasteiger partial charge in [0.05, 0.1) is 6.26 Å². The molecular formula is C10H11N3O2. The maximum absolute atomic E-state index is 10.8. The zero-order valence-electron chi connectivity index (χ0n) is 8.54. The smallest absolute Gasteiger partial charge is 0.172 e. The minimum atomic E-state index is 0.131. The summed E-state index contributed by atoms with van der Waals surface area (Å²) in [5.41, 5.74) is 0.934. The van der Waals surface area contributed by atoms with Crippen molar-refractivity contribution < 1.29 is 9.21 Å². The lowest BCUT2D eigenvalue weighted by Crippen LogP contribution is -2.05. The van der Waals surface area contributed by atoms with Crippen LogP contribution in [0.5, 0.6) is 0 Å². The number of hydrogen-bond donors (Lipinski definition) is 0. The molecule has 0 atom stereocenters. The molecular weight excluding hydrogens is 194 g/mol. The van der Waals surface area contributed by atoms with Gasteiger partial charge in [0.15, 0.2) is 17.7 Å². The second-order valence-corrected chi connectivity index (χ2v) is 3.46. The fourth-order valence-corrected chi connectivity index (χ4v) is 1.40. The van der Waals surface area contributed by atoms with Crippen LogP contribution in [0.4, 0.5) is 0 Å². The van der Waals surface area contributed by atoms with Crippen molar-refractivity contribution >= 4 is 6.29 Å². The SMILES string of the molecule is CC(C)n1nnc(C=O)c1-c1ccco1. The lowest BCUT2D eigenvalue weighted by Gasteiger charge is -2.07. The highest BCUT2D eigenvalue weighted by Gasteiger charge is 2.18. The topological polar surface area (TPSA) is 60.9 Å². The molecule has 0 aromatic carbocycles. The van der Waals surface area contributed by atoms with Crippen molar-refractivity contribution in [1.82, 2.24) is 15.0 Å². The number of carbonyl (C=O) groups excluding carboxylic acids is 1. The van der Waals surface area contributed by atoms with Gasteiger partial charge in [0.1, 0.15) is 5.69 Å². The highest BCUT2D eigenvalue weighted by atomic mass is 16.3. The van der Waals surface area contributed by atoms with Crippen LogP contribution in [0.25, 0.3) is 11.5 Å². The molecule has 0 amide bonds. The maximum atomic E-state index is 10.8. The first-order valence-corrected chi connectivity index (χ1v) is 4.68. The molecule has 2 rings (SSSR count). The van der Waals surface area contributed by atoms with E-state index in [0.717, 1.165) is 0 Å². The molecule has 15 heavy (non-hydrogen) atoms. The Bertz CT molecular complexity index is 457. The van der Waals surface area contributed by atoms with Crippen LogP contribution in [-0.4, -0.2) is 21.3 Å². The monoisotopic (exact) mass is 205 g/mol. The molecule has 0 aliphatic heterocycles. The van der Waals surface area contributed by atoms with Gasteiger partial charge in [-0.05, 0) is 26.0 Å². The largest absolute Gasteiger partial charge is 0.463 e. The second-order valence-electron chi connectivity index (χ2n) is 3.46. The summed E-state index contributed by atoms with van der Waals surface area (Å²) in [5, 5.41) is 7.71. The number of hydrogen-bond acceptors (Lipinski definition) is 4. The number of aromatic nitrogens is 3. The van der Waals surface area contributed by atoms with Gasteiger partial charge >= 0.3 is 0 Å². The summed E-state index contributed by atoms with van der Waals surface area (Å²) < 4.78 is 6.92. The predicted molar refractivity (Wildman–Crippen MR) is 53.5 cm³/mol. The summed E-state index contributed by atoms with van der Waals surface area (Å²) in [6, 6.07) is 3.68. The Morgan fingerprint density at radius 1 is 1.53 bits per heavy atom. The van der Waals surface area contributed by atoms with Crippen molar-refractivity contribution in [1.29, 1.82) is 0 Å². The van der Waals surface area contributed by atoms with Crippen molar-refractivity contribution in [3.8, 4) is 11.5 Å². The predicted octanol–water partition coefficient (Wildman–Crippen LogP) is 1.93. The van der Waals surface area contributed by atoms with Gasteiger partial charge in [0, 0.05) is 6.04 Å². The average Bonchev–Trinajstić information content (AvgIpc) is 2.85. The molecule has 0 spiro atoms. The van der Waals surface area contributed by atoms with Crippen molar-refractivity contribution in [2.45, 2.75) is 19.9 Å². The highest BCUT2D eigenvalue weighted by Crippen LogP contribution is 2.24. The Balaban J connectivity index is 2.61. The maximum Gasteiger partial charge on any atom is 0.172 e. The van der Waals surface area contributed by atoms with E-state index in [0.29, 0.717) is 23.4 Å². The lowest BCUT2D eigenvalue weighted by atomic mass is 10.2. The van der Waals surface area contributed by atoms with Crippen molar-refractivity contribution in [2.24, 2.45) is 0 Å². The molecule has 0 N–H and O–H groups in total. The van der Waals surface area contributed by atoms with Crippen molar-refractivity contribution in [2.75, 3.05) is 0 Å². The molecule has 0 aliphatic carbocycles. The first-order valence-electron chi connectivity index (χ1n) is 4.68. The fraction of sp³-hybridized carbons (Fsp3) is 0.300. The molecule has 0 bridgehead atoms. The van der Waals surface area contributed by atoms with Gasteiger partial charge in [-0.15, -0.1) is 5.10 Å². The van der Waals surface area contributed by atoms with Gasteiger partial charge < -0.3 is 4.42 Å². The summed E-state index contributed by atoms with van der Waals surface area (Å²) in [7, 11) is 0. The first kappa shape index (κ1) is 9.64. The quantitative estimate of drug-likeness (QED) is 0.718. The Kier molecular flexibility index (Phi) is 2.37. The zero-order valence-corrected chi connectivity index (χ0v) is 8.54. The third kappa shape index (κ3) is 1.56. The molecule has 2 heterocycles. The summed E-state index contributed by atoms with van der Waals surface area (Å²) in [4.78, 5) is 10.8. The molecule has 5 heteroatoms. The number of nitrogens with zero attached hydrogens (tertiary/aromatic N) is 3. The van der Waals surface area contributed by atoms with E-state index < -0.39 is 0 Å². The van der Waals surface area contributed by atoms with E-state index in [1.165, 1.54) is 0 Å². The average molecular weight is 205 g/mol. The number of furan rings is 1. The Morgan fingerprint density at radius 2 is 2.33 bits per heavy atom. The minimum Gasteiger partial charge on any atom is -0.463 e. The van der Waals surface area contributed by atoms with Crippen LogP contribution < -0.4 is 0 Å². The summed E-state index contributed by atoms with van der Waals surface area (Å²) >= 11 is 0. The molecule has 0 fully saturated rings. The zero-order chi connectivity index (χ0) is 10.8. The molecule has 0 radical (unpaired) electrons. The Labute approximate surface area is 86.7 Å². The molecule has 0 saturated heterocycles. The highest BCUT2D eigenvalue weighted by molar-refractivity contribution is 5.81. The molecule has 0 aliphatic rings. The fourth-order valence-electron chi connectivity index (χ4n) is 1.40. The minimum absolute atomic E-state index is 0.131. The third-order valence-corrected chi connectivity index (χ3v) is 2.08. The molecule has 78 valence electrons. The number of aldehydes is 1. The van der Waals surface area contributed by atoms with Gasteiger partial charge in [-0.3, -0.25) is 4.79 Å². The van der Waals surface area contributed by atoms with Gasteiger partial charge in [-0.25, -0.2) is 4.68 Å².